The van der Waals surface area contributed by atoms with Gasteiger partial charge in [0.05, 0.1) is 11.3 Å². The maximum Gasteiger partial charge on any atom is 0.435 e. The number of carbonyl (C=O) groups excluding carboxylic acids is 2. The van der Waals surface area contributed by atoms with Crippen LogP contribution in [0.4, 0.5) is 24.0 Å². The number of carbonyl (C=O) groups is 2. The molecule has 11 heteroatoms. The second-order valence-corrected chi connectivity index (χ2v) is 7.52. The lowest BCUT2D eigenvalue weighted by Crippen LogP contribution is -2.18. The molecule has 4 rings (SSSR count). The summed E-state index contributed by atoms with van der Waals surface area (Å²) in [7, 11) is 0. The Labute approximate surface area is 172 Å². The van der Waals surface area contributed by atoms with Crippen molar-refractivity contribution in [1.29, 1.82) is 0 Å². The zero-order valence-electron chi connectivity index (χ0n) is 15.7. The number of nitrogens with one attached hydrogen (secondary N) is 2. The van der Waals surface area contributed by atoms with Crippen LogP contribution in [0.3, 0.4) is 0 Å². The number of aryl methyl sites for hydroxylation is 2. The summed E-state index contributed by atoms with van der Waals surface area (Å²) in [6.07, 6.45) is -2.64. The number of nitrogens with zero attached hydrogens (tertiary/aromatic N) is 3. The molecule has 0 unspecified atom stereocenters. The van der Waals surface area contributed by atoms with Crippen LogP contribution in [0.15, 0.2) is 29.8 Å². The quantitative estimate of drug-likeness (QED) is 0.643. The molecule has 30 heavy (non-hydrogen) atoms. The lowest BCUT2D eigenvalue weighted by molar-refractivity contribution is -0.141. The number of halogens is 3. The van der Waals surface area contributed by atoms with Crippen molar-refractivity contribution in [3.63, 3.8) is 0 Å². The SMILES string of the molecule is CCn1cc(C(=O)Nc2nc(-c3ccc4c(c3)CCC(=O)N4)cs2)c(C(F)(F)F)n1. The minimum Gasteiger partial charge on any atom is -0.326 e. The van der Waals surface area contributed by atoms with Gasteiger partial charge in [0.2, 0.25) is 5.91 Å². The number of hydrogen-bond donors (Lipinski definition) is 2. The smallest absolute Gasteiger partial charge is 0.326 e. The van der Waals surface area contributed by atoms with Gasteiger partial charge in [0.1, 0.15) is 0 Å². The minimum atomic E-state index is -4.74. The third-order valence-corrected chi connectivity index (χ3v) is 5.38. The van der Waals surface area contributed by atoms with E-state index < -0.39 is 23.3 Å². The van der Waals surface area contributed by atoms with Crippen molar-refractivity contribution in [2.45, 2.75) is 32.5 Å². The average Bonchev–Trinajstić information content (AvgIpc) is 3.34. The van der Waals surface area contributed by atoms with Gasteiger partial charge < -0.3 is 5.32 Å². The van der Waals surface area contributed by atoms with Gasteiger partial charge in [0, 0.05) is 35.8 Å². The number of benzene rings is 1. The van der Waals surface area contributed by atoms with E-state index in [1.165, 1.54) is 0 Å². The fraction of sp³-hybridized carbons (Fsp3) is 0.263. The lowest BCUT2D eigenvalue weighted by atomic mass is 9.99. The fourth-order valence-electron chi connectivity index (χ4n) is 3.13. The van der Waals surface area contributed by atoms with Crippen LogP contribution in [0, 0.1) is 0 Å². The molecule has 1 aliphatic rings. The van der Waals surface area contributed by atoms with Crippen molar-refractivity contribution >= 4 is 34.0 Å². The van der Waals surface area contributed by atoms with E-state index in [0.717, 1.165) is 39.0 Å². The molecule has 3 heterocycles. The number of thiazole rings is 1. The molecule has 0 fully saturated rings. The Kier molecular flexibility index (Phi) is 5.06. The summed E-state index contributed by atoms with van der Waals surface area (Å²) in [5, 5.41) is 10.6. The maximum atomic E-state index is 13.2. The van der Waals surface area contributed by atoms with Crippen LogP contribution in [0.1, 0.15) is 35.0 Å². The zero-order chi connectivity index (χ0) is 21.5. The molecule has 0 aliphatic carbocycles. The molecule has 1 aliphatic heterocycles. The van der Waals surface area contributed by atoms with Gasteiger partial charge in [0.25, 0.3) is 5.91 Å². The molecule has 2 N–H and O–H groups in total. The van der Waals surface area contributed by atoms with Gasteiger partial charge in [0.15, 0.2) is 10.8 Å². The van der Waals surface area contributed by atoms with E-state index in [0.29, 0.717) is 18.5 Å². The van der Waals surface area contributed by atoms with Gasteiger partial charge in [-0.15, -0.1) is 11.3 Å². The number of alkyl halides is 3. The number of amides is 2. The van der Waals surface area contributed by atoms with E-state index in [-0.39, 0.29) is 17.6 Å². The summed E-state index contributed by atoms with van der Waals surface area (Å²) in [4.78, 5) is 28.2. The van der Waals surface area contributed by atoms with Crippen molar-refractivity contribution in [2.24, 2.45) is 0 Å². The highest BCUT2D eigenvalue weighted by molar-refractivity contribution is 7.14. The molecule has 3 aromatic rings. The third-order valence-electron chi connectivity index (χ3n) is 4.62. The fourth-order valence-corrected chi connectivity index (χ4v) is 3.84. The van der Waals surface area contributed by atoms with Gasteiger partial charge >= 0.3 is 6.18 Å². The van der Waals surface area contributed by atoms with Crippen LogP contribution in [-0.4, -0.2) is 26.6 Å². The highest BCUT2D eigenvalue weighted by atomic mass is 32.1. The molecular formula is C19H16F3N5O2S. The molecule has 2 aromatic heterocycles. The number of rotatable bonds is 4. The third kappa shape index (κ3) is 3.92. The first-order chi connectivity index (χ1) is 14.2. The molecule has 0 saturated carbocycles. The molecule has 0 spiro atoms. The molecule has 2 amide bonds. The summed E-state index contributed by atoms with van der Waals surface area (Å²) in [5.74, 6) is -0.949. The molecule has 156 valence electrons. The summed E-state index contributed by atoms with van der Waals surface area (Å²) >= 11 is 1.11. The Hall–Kier alpha value is -3.21. The zero-order valence-corrected chi connectivity index (χ0v) is 16.5. The highest BCUT2D eigenvalue weighted by Crippen LogP contribution is 2.33. The van der Waals surface area contributed by atoms with Crippen molar-refractivity contribution < 1.29 is 22.8 Å². The monoisotopic (exact) mass is 435 g/mol. The van der Waals surface area contributed by atoms with Gasteiger partial charge in [-0.1, -0.05) is 6.07 Å². The van der Waals surface area contributed by atoms with Crippen molar-refractivity contribution in [1.82, 2.24) is 14.8 Å². The molecule has 7 nitrogen and oxygen atoms in total. The van der Waals surface area contributed by atoms with Crippen LogP contribution in [0.5, 0.6) is 0 Å². The summed E-state index contributed by atoms with van der Waals surface area (Å²) in [5.41, 5.74) is 1.33. The minimum absolute atomic E-state index is 0.0291. The average molecular weight is 435 g/mol. The summed E-state index contributed by atoms with van der Waals surface area (Å²) in [6.45, 7) is 1.84. The van der Waals surface area contributed by atoms with E-state index in [2.05, 4.69) is 20.7 Å². The van der Waals surface area contributed by atoms with E-state index in [1.54, 1.807) is 24.4 Å². The van der Waals surface area contributed by atoms with Crippen molar-refractivity contribution in [2.75, 3.05) is 10.6 Å². The standard InChI is InChI=1S/C19H16F3N5O2S/c1-2-27-8-12(16(26-27)19(20,21)22)17(29)25-18-24-14(9-30-18)11-3-5-13-10(7-11)4-6-15(28)23-13/h3,5,7-9H,2,4,6H2,1H3,(H,23,28)(H,24,25,29). The van der Waals surface area contributed by atoms with E-state index in [4.69, 9.17) is 0 Å². The van der Waals surface area contributed by atoms with Gasteiger partial charge in [-0.3, -0.25) is 19.6 Å². The molecule has 0 radical (unpaired) electrons. The number of fused-ring (bicyclic) bond motifs is 1. The van der Waals surface area contributed by atoms with E-state index in [1.807, 2.05) is 6.07 Å². The highest BCUT2D eigenvalue weighted by Gasteiger charge is 2.39. The van der Waals surface area contributed by atoms with Crippen molar-refractivity contribution in [3.05, 3.63) is 46.6 Å². The van der Waals surface area contributed by atoms with E-state index >= 15 is 0 Å². The second kappa shape index (κ2) is 7.56. The summed E-state index contributed by atoms with van der Waals surface area (Å²) in [6, 6.07) is 5.48. The van der Waals surface area contributed by atoms with Gasteiger partial charge in [-0.05, 0) is 31.0 Å². The predicted octanol–water partition coefficient (Wildman–Crippen LogP) is 4.18. The molecular weight excluding hydrogens is 419 g/mol. The number of anilines is 2. The van der Waals surface area contributed by atoms with Gasteiger partial charge in [-0.2, -0.15) is 18.3 Å². The molecule has 0 atom stereocenters. The Balaban J connectivity index is 1.55. The molecule has 0 saturated heterocycles. The van der Waals surface area contributed by atoms with Crippen LogP contribution < -0.4 is 10.6 Å². The normalized spacial score (nSPS) is 13.7. The molecule has 1 aromatic carbocycles. The predicted molar refractivity (Wildman–Crippen MR) is 105 cm³/mol. The molecule has 0 bridgehead atoms. The van der Waals surface area contributed by atoms with Crippen LogP contribution in [-0.2, 0) is 23.9 Å². The Morgan fingerprint density at radius 1 is 1.33 bits per heavy atom. The number of aromatic nitrogens is 3. The van der Waals surface area contributed by atoms with Crippen LogP contribution in [0.25, 0.3) is 11.3 Å². The first kappa shape index (κ1) is 20.1. The Morgan fingerprint density at radius 2 is 2.13 bits per heavy atom. The first-order valence-corrected chi connectivity index (χ1v) is 9.97. The van der Waals surface area contributed by atoms with Crippen LogP contribution >= 0.6 is 11.3 Å². The van der Waals surface area contributed by atoms with E-state index in [9.17, 15) is 22.8 Å². The first-order valence-electron chi connectivity index (χ1n) is 9.09. The van der Waals surface area contributed by atoms with Crippen LogP contribution in [0.2, 0.25) is 0 Å². The second-order valence-electron chi connectivity index (χ2n) is 6.66. The topological polar surface area (TPSA) is 88.9 Å². The Bertz CT molecular complexity index is 1140. The van der Waals surface area contributed by atoms with Gasteiger partial charge in [-0.25, -0.2) is 4.98 Å². The van der Waals surface area contributed by atoms with Crippen molar-refractivity contribution in [3.8, 4) is 11.3 Å². The Morgan fingerprint density at radius 3 is 2.87 bits per heavy atom. The lowest BCUT2D eigenvalue weighted by Gasteiger charge is -2.17. The largest absolute Gasteiger partial charge is 0.435 e. The number of hydrogen-bond acceptors (Lipinski definition) is 5. The summed E-state index contributed by atoms with van der Waals surface area (Å²) < 4.78 is 40.6. The maximum absolute atomic E-state index is 13.2.